The molecule has 0 spiro atoms. The highest BCUT2D eigenvalue weighted by Crippen LogP contribution is 2.30. The molecule has 0 aliphatic heterocycles. The minimum absolute atomic E-state index is 0.0301. The van der Waals surface area contributed by atoms with Gasteiger partial charge in [-0.15, -0.1) is 0 Å². The van der Waals surface area contributed by atoms with E-state index >= 15 is 0 Å². The van der Waals surface area contributed by atoms with Gasteiger partial charge in [0.2, 0.25) is 0 Å². The molecule has 21 heavy (non-hydrogen) atoms. The van der Waals surface area contributed by atoms with Crippen LogP contribution in [0.25, 0.3) is 0 Å². The second kappa shape index (κ2) is 8.17. The van der Waals surface area contributed by atoms with Gasteiger partial charge in [0.05, 0.1) is 11.0 Å². The van der Waals surface area contributed by atoms with Gasteiger partial charge in [0.1, 0.15) is 6.10 Å². The molecule has 0 aromatic heterocycles. The van der Waals surface area contributed by atoms with E-state index in [-0.39, 0.29) is 17.5 Å². The molecule has 0 heterocycles. The van der Waals surface area contributed by atoms with Crippen LogP contribution >= 0.6 is 0 Å². The fraction of sp³-hybridized carbons (Fsp3) is 0.944. The lowest BCUT2D eigenvalue weighted by Gasteiger charge is -2.30. The first-order valence-corrected chi connectivity index (χ1v) is 8.76. The van der Waals surface area contributed by atoms with Gasteiger partial charge in [-0.05, 0) is 65.2 Å². The number of ether oxygens (including phenoxy) is 1. The molecule has 0 radical (unpaired) electrons. The summed E-state index contributed by atoms with van der Waals surface area (Å²) >= 11 is 0. The Labute approximate surface area is 130 Å². The first-order valence-electron chi connectivity index (χ1n) is 8.76. The van der Waals surface area contributed by atoms with Crippen LogP contribution < -0.4 is 0 Å². The van der Waals surface area contributed by atoms with E-state index in [0.29, 0.717) is 0 Å². The Morgan fingerprint density at radius 2 is 1.76 bits per heavy atom. The van der Waals surface area contributed by atoms with Gasteiger partial charge in [0.25, 0.3) is 0 Å². The van der Waals surface area contributed by atoms with E-state index in [4.69, 9.17) is 4.74 Å². The highest BCUT2D eigenvalue weighted by Gasteiger charge is 2.30. The Morgan fingerprint density at radius 3 is 2.38 bits per heavy atom. The Kier molecular flexibility index (Phi) is 7.19. The summed E-state index contributed by atoms with van der Waals surface area (Å²) in [7, 11) is 0. The molecule has 0 aromatic carbocycles. The zero-order valence-corrected chi connectivity index (χ0v) is 14.4. The van der Waals surface area contributed by atoms with Gasteiger partial charge in [0.15, 0.2) is 0 Å². The molecule has 1 aliphatic rings. The van der Waals surface area contributed by atoms with Crippen molar-refractivity contribution in [3.8, 4) is 0 Å². The lowest BCUT2D eigenvalue weighted by atomic mass is 9.85. The average Bonchev–Trinajstić information content (AvgIpc) is 2.46. The third-order valence-electron chi connectivity index (χ3n) is 5.20. The van der Waals surface area contributed by atoms with Crippen molar-refractivity contribution in [1.29, 1.82) is 0 Å². The zero-order valence-electron chi connectivity index (χ0n) is 14.4. The van der Waals surface area contributed by atoms with E-state index in [9.17, 15) is 9.90 Å². The standard InChI is InChI=1S/C18H34O3/c1-5-17(3,4)16(19)21-15-11-8-7-9-13-18(20,6-2)14-10-12-15/h15,20H,5-14H2,1-4H3. The molecule has 1 N–H and O–H groups in total. The molecule has 0 aromatic rings. The average molecular weight is 298 g/mol. The number of esters is 1. The maximum atomic E-state index is 12.2. The molecule has 3 nitrogen and oxygen atoms in total. The normalized spacial score (nSPS) is 28.9. The minimum atomic E-state index is -0.505. The van der Waals surface area contributed by atoms with E-state index in [0.717, 1.165) is 64.2 Å². The quantitative estimate of drug-likeness (QED) is 0.771. The molecule has 0 saturated heterocycles. The van der Waals surface area contributed by atoms with Gasteiger partial charge in [-0.1, -0.05) is 26.7 Å². The van der Waals surface area contributed by atoms with E-state index in [1.165, 1.54) is 0 Å². The third kappa shape index (κ3) is 5.98. The van der Waals surface area contributed by atoms with Crippen molar-refractivity contribution in [2.45, 2.75) is 104 Å². The largest absolute Gasteiger partial charge is 0.462 e. The summed E-state index contributed by atoms with van der Waals surface area (Å²) < 4.78 is 5.76. The van der Waals surface area contributed by atoms with Crippen LogP contribution in [0.4, 0.5) is 0 Å². The van der Waals surface area contributed by atoms with Crippen molar-refractivity contribution in [2.24, 2.45) is 5.41 Å². The summed E-state index contributed by atoms with van der Waals surface area (Å²) in [6.07, 6.45) is 9.46. The Bertz CT molecular complexity index is 324. The predicted molar refractivity (Wildman–Crippen MR) is 86.1 cm³/mol. The van der Waals surface area contributed by atoms with Crippen LogP contribution in [0.5, 0.6) is 0 Å². The van der Waals surface area contributed by atoms with Crippen molar-refractivity contribution in [3.05, 3.63) is 0 Å². The van der Waals surface area contributed by atoms with Crippen LogP contribution in [-0.4, -0.2) is 22.8 Å². The fourth-order valence-electron chi connectivity index (χ4n) is 2.86. The van der Waals surface area contributed by atoms with E-state index in [2.05, 4.69) is 6.92 Å². The summed E-state index contributed by atoms with van der Waals surface area (Å²) in [4.78, 5) is 12.2. The van der Waals surface area contributed by atoms with Gasteiger partial charge in [-0.3, -0.25) is 4.79 Å². The maximum absolute atomic E-state index is 12.2. The predicted octanol–water partition coefficient (Wildman–Crippen LogP) is 4.61. The van der Waals surface area contributed by atoms with Gasteiger partial charge >= 0.3 is 5.97 Å². The topological polar surface area (TPSA) is 46.5 Å². The monoisotopic (exact) mass is 298 g/mol. The lowest BCUT2D eigenvalue weighted by Crippen LogP contribution is -2.32. The number of hydrogen-bond acceptors (Lipinski definition) is 3. The Morgan fingerprint density at radius 1 is 1.14 bits per heavy atom. The highest BCUT2D eigenvalue weighted by molar-refractivity contribution is 5.75. The Balaban J connectivity index is 2.56. The maximum Gasteiger partial charge on any atom is 0.311 e. The van der Waals surface area contributed by atoms with Gasteiger partial charge < -0.3 is 9.84 Å². The minimum Gasteiger partial charge on any atom is -0.462 e. The fourth-order valence-corrected chi connectivity index (χ4v) is 2.86. The summed E-state index contributed by atoms with van der Waals surface area (Å²) in [6.45, 7) is 7.99. The van der Waals surface area contributed by atoms with E-state index in [1.807, 2.05) is 20.8 Å². The second-order valence-corrected chi connectivity index (χ2v) is 7.33. The second-order valence-electron chi connectivity index (χ2n) is 7.33. The van der Waals surface area contributed by atoms with Crippen molar-refractivity contribution in [3.63, 3.8) is 0 Å². The molecular formula is C18H34O3. The summed E-state index contributed by atoms with van der Waals surface area (Å²) in [5, 5.41) is 10.5. The molecular weight excluding hydrogens is 264 g/mol. The van der Waals surface area contributed by atoms with Crippen molar-refractivity contribution in [1.82, 2.24) is 0 Å². The van der Waals surface area contributed by atoms with Gasteiger partial charge in [0, 0.05) is 0 Å². The summed E-state index contributed by atoms with van der Waals surface area (Å²) in [5.41, 5.74) is -0.895. The van der Waals surface area contributed by atoms with Gasteiger partial charge in [-0.25, -0.2) is 0 Å². The molecule has 1 saturated carbocycles. The highest BCUT2D eigenvalue weighted by atomic mass is 16.5. The zero-order chi connectivity index (χ0) is 15.9. The number of hydrogen-bond donors (Lipinski definition) is 1. The molecule has 3 heteroatoms. The molecule has 2 atom stereocenters. The molecule has 2 unspecified atom stereocenters. The number of rotatable bonds is 4. The Hall–Kier alpha value is -0.570. The first kappa shape index (κ1) is 18.5. The van der Waals surface area contributed by atoms with Crippen LogP contribution in [-0.2, 0) is 9.53 Å². The summed E-state index contributed by atoms with van der Waals surface area (Å²) in [5.74, 6) is -0.0715. The number of aliphatic hydroxyl groups is 1. The molecule has 124 valence electrons. The van der Waals surface area contributed by atoms with Crippen LogP contribution in [0.3, 0.4) is 0 Å². The van der Waals surface area contributed by atoms with Crippen LogP contribution in [0.15, 0.2) is 0 Å². The molecule has 1 aliphatic carbocycles. The number of carbonyl (C=O) groups excluding carboxylic acids is 1. The van der Waals surface area contributed by atoms with E-state index < -0.39 is 5.60 Å². The van der Waals surface area contributed by atoms with Crippen LogP contribution in [0.2, 0.25) is 0 Å². The van der Waals surface area contributed by atoms with E-state index in [1.54, 1.807) is 0 Å². The molecule has 0 amide bonds. The van der Waals surface area contributed by atoms with Gasteiger partial charge in [-0.2, -0.15) is 0 Å². The summed E-state index contributed by atoms with van der Waals surface area (Å²) in [6, 6.07) is 0. The lowest BCUT2D eigenvalue weighted by molar-refractivity contribution is -0.160. The first-order chi connectivity index (χ1) is 9.83. The van der Waals surface area contributed by atoms with Crippen molar-refractivity contribution in [2.75, 3.05) is 0 Å². The van der Waals surface area contributed by atoms with Crippen molar-refractivity contribution >= 4 is 5.97 Å². The smallest absolute Gasteiger partial charge is 0.311 e. The molecule has 0 bridgehead atoms. The SMILES string of the molecule is CCC1(O)CCCCCC(OC(=O)C(C)(C)CC)CCC1. The van der Waals surface area contributed by atoms with Crippen molar-refractivity contribution < 1.29 is 14.6 Å². The van der Waals surface area contributed by atoms with Crippen LogP contribution in [0, 0.1) is 5.41 Å². The van der Waals surface area contributed by atoms with Crippen LogP contribution in [0.1, 0.15) is 91.9 Å². The molecule has 1 rings (SSSR count). The number of carbonyl (C=O) groups is 1. The molecule has 1 fully saturated rings. The third-order valence-corrected chi connectivity index (χ3v) is 5.20.